The van der Waals surface area contributed by atoms with E-state index in [2.05, 4.69) is 16.0 Å². The summed E-state index contributed by atoms with van der Waals surface area (Å²) < 4.78 is 0. The highest BCUT2D eigenvalue weighted by Gasteiger charge is 2.48. The van der Waals surface area contributed by atoms with Crippen LogP contribution in [0, 0.1) is 11.8 Å². The van der Waals surface area contributed by atoms with Crippen LogP contribution in [0.5, 0.6) is 0 Å². The summed E-state index contributed by atoms with van der Waals surface area (Å²) in [4.78, 5) is 32.0. The van der Waals surface area contributed by atoms with Gasteiger partial charge in [-0.1, -0.05) is 0 Å². The molecule has 1 saturated carbocycles. The van der Waals surface area contributed by atoms with E-state index in [4.69, 9.17) is 15.3 Å². The van der Waals surface area contributed by atoms with Gasteiger partial charge in [-0.05, 0) is 0 Å². The number of aliphatic hydroxyl groups excluding tert-OH is 3. The molecule has 12 nitrogen and oxygen atoms in total. The fraction of sp³-hybridized carbons (Fsp3) is 0.824. The Morgan fingerprint density at radius 2 is 1.00 bits per heavy atom. The molecule has 0 bridgehead atoms. The summed E-state index contributed by atoms with van der Waals surface area (Å²) in [5, 5.41) is 66.6. The predicted octanol–water partition coefficient (Wildman–Crippen LogP) is -3.12. The molecule has 0 aromatic heterocycles. The summed E-state index contributed by atoms with van der Waals surface area (Å²) in [6, 6.07) is -0.907. The first kappa shape index (κ1) is 25.2. The normalized spacial score (nSPS) is 29.5. The number of aliphatic carboxylic acids is 3. The molecule has 12 heteroatoms. The SMILES string of the molecule is O=C(O)CCNCC1C(O)C(CNCCC(=O)O)[C@@H](O)C(NCCC(=O)O)C1O. The van der Waals surface area contributed by atoms with E-state index < -0.39 is 54.1 Å². The third-order valence-electron chi connectivity index (χ3n) is 5.00. The van der Waals surface area contributed by atoms with Crippen molar-refractivity contribution in [2.75, 3.05) is 32.7 Å². The van der Waals surface area contributed by atoms with Crippen LogP contribution in [-0.2, 0) is 14.4 Å². The van der Waals surface area contributed by atoms with E-state index in [0.29, 0.717) is 0 Å². The van der Waals surface area contributed by atoms with Crippen molar-refractivity contribution in [1.29, 1.82) is 0 Å². The maximum Gasteiger partial charge on any atom is 0.304 e. The summed E-state index contributed by atoms with van der Waals surface area (Å²) in [6.45, 7) is 0.442. The Hall–Kier alpha value is -1.83. The van der Waals surface area contributed by atoms with Crippen LogP contribution in [0.1, 0.15) is 19.3 Å². The first-order chi connectivity index (χ1) is 13.6. The molecule has 0 heterocycles. The molecule has 1 aliphatic rings. The fourth-order valence-corrected chi connectivity index (χ4v) is 3.45. The summed E-state index contributed by atoms with van der Waals surface area (Å²) in [7, 11) is 0. The number of nitrogens with one attached hydrogen (secondary N) is 3. The molecule has 0 saturated heterocycles. The lowest BCUT2D eigenvalue weighted by Gasteiger charge is -2.46. The Morgan fingerprint density at radius 1 is 0.621 bits per heavy atom. The van der Waals surface area contributed by atoms with Gasteiger partial charge in [0.25, 0.3) is 0 Å². The van der Waals surface area contributed by atoms with Crippen molar-refractivity contribution in [2.45, 2.75) is 43.6 Å². The Kier molecular flexibility index (Phi) is 11.0. The minimum Gasteiger partial charge on any atom is -0.481 e. The van der Waals surface area contributed by atoms with E-state index in [9.17, 15) is 29.7 Å². The van der Waals surface area contributed by atoms with Crippen molar-refractivity contribution in [3.05, 3.63) is 0 Å². The maximum atomic E-state index is 10.7. The Labute approximate surface area is 167 Å². The number of carboxylic acid groups (broad SMARTS) is 3. The molecule has 1 aliphatic carbocycles. The summed E-state index contributed by atoms with van der Waals surface area (Å²) >= 11 is 0. The second-order valence-corrected chi connectivity index (χ2v) is 7.12. The number of rotatable bonds is 14. The van der Waals surface area contributed by atoms with Gasteiger partial charge in [0.15, 0.2) is 0 Å². The molecule has 0 aliphatic heterocycles. The van der Waals surface area contributed by atoms with Crippen LogP contribution in [0.3, 0.4) is 0 Å². The zero-order valence-electron chi connectivity index (χ0n) is 16.0. The van der Waals surface area contributed by atoms with Crippen molar-refractivity contribution >= 4 is 17.9 Å². The first-order valence-electron chi connectivity index (χ1n) is 9.49. The van der Waals surface area contributed by atoms with Gasteiger partial charge in [0.1, 0.15) is 0 Å². The van der Waals surface area contributed by atoms with Crippen molar-refractivity contribution in [3.63, 3.8) is 0 Å². The van der Waals surface area contributed by atoms with Crippen LogP contribution in [0.15, 0.2) is 0 Å². The molecule has 0 aromatic rings. The van der Waals surface area contributed by atoms with Gasteiger partial charge in [0.05, 0.1) is 43.6 Å². The van der Waals surface area contributed by atoms with E-state index in [1.807, 2.05) is 0 Å². The molecule has 29 heavy (non-hydrogen) atoms. The third-order valence-corrected chi connectivity index (χ3v) is 5.00. The van der Waals surface area contributed by atoms with E-state index >= 15 is 0 Å². The lowest BCUT2D eigenvalue weighted by molar-refractivity contribution is -0.140. The van der Waals surface area contributed by atoms with Gasteiger partial charge in [0.2, 0.25) is 0 Å². The minimum absolute atomic E-state index is 0.00252. The van der Waals surface area contributed by atoms with Crippen LogP contribution in [0.25, 0.3) is 0 Å². The lowest BCUT2D eigenvalue weighted by Crippen LogP contribution is -2.66. The number of aliphatic hydroxyl groups is 3. The summed E-state index contributed by atoms with van der Waals surface area (Å²) in [5.74, 6) is -4.53. The summed E-state index contributed by atoms with van der Waals surface area (Å²) in [5.41, 5.74) is 0. The second-order valence-electron chi connectivity index (χ2n) is 7.12. The van der Waals surface area contributed by atoms with E-state index in [-0.39, 0.29) is 52.0 Å². The van der Waals surface area contributed by atoms with Gasteiger partial charge in [-0.25, -0.2) is 0 Å². The molecule has 1 fully saturated rings. The van der Waals surface area contributed by atoms with Gasteiger partial charge in [-0.2, -0.15) is 0 Å². The molecule has 6 atom stereocenters. The van der Waals surface area contributed by atoms with Gasteiger partial charge in [0, 0.05) is 44.6 Å². The molecule has 0 aromatic carbocycles. The van der Waals surface area contributed by atoms with Crippen LogP contribution >= 0.6 is 0 Å². The molecule has 9 N–H and O–H groups in total. The highest BCUT2D eigenvalue weighted by atomic mass is 16.4. The Morgan fingerprint density at radius 3 is 1.38 bits per heavy atom. The Bertz CT molecular complexity index is 512. The van der Waals surface area contributed by atoms with Crippen LogP contribution in [-0.4, -0.2) is 106 Å². The number of carbonyl (C=O) groups is 3. The molecular formula is C17H31N3O9. The van der Waals surface area contributed by atoms with Crippen molar-refractivity contribution in [1.82, 2.24) is 16.0 Å². The summed E-state index contributed by atoms with van der Waals surface area (Å²) in [6.07, 6.45) is -4.05. The highest BCUT2D eigenvalue weighted by molar-refractivity contribution is 5.67. The van der Waals surface area contributed by atoms with Gasteiger partial charge < -0.3 is 46.6 Å². The highest BCUT2D eigenvalue weighted by Crippen LogP contribution is 2.30. The van der Waals surface area contributed by atoms with Crippen LogP contribution in [0.2, 0.25) is 0 Å². The van der Waals surface area contributed by atoms with Gasteiger partial charge in [-0.3, -0.25) is 14.4 Å². The second kappa shape index (κ2) is 12.7. The first-order valence-corrected chi connectivity index (χ1v) is 9.49. The van der Waals surface area contributed by atoms with E-state index in [1.165, 1.54) is 0 Å². The van der Waals surface area contributed by atoms with Gasteiger partial charge >= 0.3 is 17.9 Å². The molecule has 168 valence electrons. The van der Waals surface area contributed by atoms with Crippen LogP contribution < -0.4 is 16.0 Å². The van der Waals surface area contributed by atoms with Crippen molar-refractivity contribution in [2.24, 2.45) is 11.8 Å². The molecule has 0 radical (unpaired) electrons. The quantitative estimate of drug-likeness (QED) is 0.128. The molecule has 1 rings (SSSR count). The topological polar surface area (TPSA) is 209 Å². The number of hydrogen-bond acceptors (Lipinski definition) is 9. The predicted molar refractivity (Wildman–Crippen MR) is 99.3 cm³/mol. The van der Waals surface area contributed by atoms with Gasteiger partial charge in [-0.15, -0.1) is 0 Å². The number of hydrogen-bond donors (Lipinski definition) is 9. The van der Waals surface area contributed by atoms with Crippen molar-refractivity contribution in [3.8, 4) is 0 Å². The van der Waals surface area contributed by atoms with E-state index in [0.717, 1.165) is 0 Å². The molecular weight excluding hydrogens is 390 g/mol. The molecule has 0 amide bonds. The average Bonchev–Trinajstić information content (AvgIpc) is 2.62. The van der Waals surface area contributed by atoms with Crippen molar-refractivity contribution < 1.29 is 45.0 Å². The van der Waals surface area contributed by atoms with Crippen LogP contribution in [0.4, 0.5) is 0 Å². The fourth-order valence-electron chi connectivity index (χ4n) is 3.45. The largest absolute Gasteiger partial charge is 0.481 e. The number of carboxylic acids is 3. The maximum absolute atomic E-state index is 10.7. The zero-order valence-corrected chi connectivity index (χ0v) is 16.0. The standard InChI is InChI=1S/C17H31N3O9/c21-11(22)1-4-18-7-9-15(27)10(8-19-5-2-12(23)24)17(29)14(16(9)28)20-6-3-13(25)26/h9-10,14-20,27-29H,1-8H2,(H,21,22)(H,23,24)(H,25,26)/t9?,10?,14?,15?,16-,17?/m1/s1. The lowest BCUT2D eigenvalue weighted by atomic mass is 9.72. The minimum atomic E-state index is -1.21. The Balaban J connectivity index is 2.78. The molecule has 0 spiro atoms. The average molecular weight is 421 g/mol. The smallest absolute Gasteiger partial charge is 0.304 e. The molecule has 5 unspecified atom stereocenters. The third kappa shape index (κ3) is 8.60. The van der Waals surface area contributed by atoms with E-state index in [1.54, 1.807) is 0 Å². The zero-order chi connectivity index (χ0) is 22.0. The monoisotopic (exact) mass is 421 g/mol.